The van der Waals surface area contributed by atoms with Crippen molar-refractivity contribution in [2.75, 3.05) is 6.61 Å². The van der Waals surface area contributed by atoms with Crippen LogP contribution in [-0.4, -0.2) is 34.9 Å². The van der Waals surface area contributed by atoms with Crippen molar-refractivity contribution in [3.05, 3.63) is 41.5 Å². The molecule has 0 bridgehead atoms. The van der Waals surface area contributed by atoms with Gasteiger partial charge in [0, 0.05) is 0 Å². The smallest absolute Gasteiger partial charge is 0.434 e. The molecule has 6 nitrogen and oxygen atoms in total. The summed E-state index contributed by atoms with van der Waals surface area (Å²) < 4.78 is 9.44. The molecule has 1 aliphatic heterocycles. The van der Waals surface area contributed by atoms with Crippen LogP contribution >= 0.6 is 0 Å². The van der Waals surface area contributed by atoms with Crippen molar-refractivity contribution < 1.29 is 24.3 Å². The lowest BCUT2D eigenvalue weighted by atomic mass is 9.86. The number of hydrogen-bond acceptors (Lipinski definition) is 5. The van der Waals surface area contributed by atoms with E-state index in [4.69, 9.17) is 4.74 Å². The van der Waals surface area contributed by atoms with Gasteiger partial charge in [-0.15, -0.1) is 10.3 Å². The van der Waals surface area contributed by atoms with Gasteiger partial charge < -0.3 is 9.47 Å². The van der Waals surface area contributed by atoms with E-state index in [-0.39, 0.29) is 12.2 Å². The first-order valence-corrected chi connectivity index (χ1v) is 7.81. The first kappa shape index (κ1) is 18.2. The fourth-order valence-corrected chi connectivity index (χ4v) is 3.24. The number of benzene rings is 1. The molecule has 0 amide bonds. The molecule has 24 heavy (non-hydrogen) atoms. The number of hydroxylamine groups is 2. The van der Waals surface area contributed by atoms with E-state index in [1.807, 2.05) is 30.3 Å². The second-order valence-corrected chi connectivity index (χ2v) is 6.60. The van der Waals surface area contributed by atoms with Crippen LogP contribution in [0.1, 0.15) is 40.2 Å². The molecular formula is C18H22NO5. The highest BCUT2D eigenvalue weighted by atomic mass is 16.7. The van der Waals surface area contributed by atoms with Gasteiger partial charge in [-0.2, -0.15) is 0 Å². The number of ether oxygens (including phenoxy) is 2. The third kappa shape index (κ3) is 2.95. The predicted octanol–water partition coefficient (Wildman–Crippen LogP) is 3.36. The SMILES string of the molecule is CCOC(=O)OC(=O)C1=C(c2ccccc2)C(C)(C)N([O])C1(C)C. The minimum atomic E-state index is -1.14. The zero-order valence-electron chi connectivity index (χ0n) is 14.6. The lowest BCUT2D eigenvalue weighted by Crippen LogP contribution is -2.48. The molecule has 0 aromatic heterocycles. The summed E-state index contributed by atoms with van der Waals surface area (Å²) in [4.78, 5) is 24.1. The van der Waals surface area contributed by atoms with Crippen LogP contribution in [0.3, 0.4) is 0 Å². The van der Waals surface area contributed by atoms with Gasteiger partial charge in [-0.1, -0.05) is 30.3 Å². The Balaban J connectivity index is 2.58. The van der Waals surface area contributed by atoms with E-state index in [1.165, 1.54) is 0 Å². The van der Waals surface area contributed by atoms with E-state index >= 15 is 0 Å². The van der Waals surface area contributed by atoms with Crippen LogP contribution in [0.15, 0.2) is 35.9 Å². The first-order chi connectivity index (χ1) is 11.1. The third-order valence-electron chi connectivity index (χ3n) is 4.19. The molecule has 1 aromatic rings. The van der Waals surface area contributed by atoms with Crippen LogP contribution in [0.5, 0.6) is 0 Å². The highest BCUT2D eigenvalue weighted by Gasteiger charge is 2.55. The predicted molar refractivity (Wildman–Crippen MR) is 87.2 cm³/mol. The van der Waals surface area contributed by atoms with Crippen LogP contribution in [0.2, 0.25) is 0 Å². The van der Waals surface area contributed by atoms with Gasteiger partial charge in [0.2, 0.25) is 0 Å². The van der Waals surface area contributed by atoms with Gasteiger partial charge in [-0.05, 0) is 45.8 Å². The lowest BCUT2D eigenvalue weighted by molar-refractivity contribution is -0.237. The molecule has 0 N–H and O–H groups in total. The number of carbonyl (C=O) groups excluding carboxylic acids is 2. The van der Waals surface area contributed by atoms with Crippen LogP contribution in [-0.2, 0) is 19.5 Å². The second kappa shape index (κ2) is 6.37. The fraction of sp³-hybridized carbons (Fsp3) is 0.444. The van der Waals surface area contributed by atoms with Crippen molar-refractivity contribution in [2.24, 2.45) is 0 Å². The van der Waals surface area contributed by atoms with Crippen molar-refractivity contribution >= 4 is 17.7 Å². The van der Waals surface area contributed by atoms with E-state index < -0.39 is 23.2 Å². The summed E-state index contributed by atoms with van der Waals surface area (Å²) in [5.41, 5.74) is -0.629. The molecule has 0 fully saturated rings. The molecular weight excluding hydrogens is 310 g/mol. The van der Waals surface area contributed by atoms with Crippen molar-refractivity contribution in [1.82, 2.24) is 5.06 Å². The number of nitrogens with zero attached hydrogens (tertiary/aromatic N) is 1. The Labute approximate surface area is 141 Å². The monoisotopic (exact) mass is 332 g/mol. The van der Waals surface area contributed by atoms with Crippen molar-refractivity contribution in [2.45, 2.75) is 45.7 Å². The standard InChI is InChI=1S/C18H22NO5/c1-6-23-16(21)24-15(20)14-13(12-10-8-7-9-11-12)17(2,3)19(22)18(14,4)5/h7-11H,6H2,1-5H3. The lowest BCUT2D eigenvalue weighted by Gasteiger charge is -2.34. The minimum Gasteiger partial charge on any atom is -0.434 e. The molecule has 1 aliphatic rings. The molecule has 0 spiro atoms. The number of hydrogen-bond donors (Lipinski definition) is 0. The van der Waals surface area contributed by atoms with E-state index in [0.29, 0.717) is 5.57 Å². The van der Waals surface area contributed by atoms with Gasteiger partial charge in [0.25, 0.3) is 0 Å². The van der Waals surface area contributed by atoms with Gasteiger partial charge >= 0.3 is 12.1 Å². The molecule has 0 saturated heterocycles. The Bertz CT molecular complexity index is 676. The van der Waals surface area contributed by atoms with Gasteiger partial charge in [-0.25, -0.2) is 9.59 Å². The molecule has 6 heteroatoms. The number of carbonyl (C=O) groups is 2. The third-order valence-corrected chi connectivity index (χ3v) is 4.19. The van der Waals surface area contributed by atoms with Crippen LogP contribution in [0.25, 0.3) is 5.57 Å². The van der Waals surface area contributed by atoms with Crippen molar-refractivity contribution in [3.63, 3.8) is 0 Å². The molecule has 0 atom stereocenters. The van der Waals surface area contributed by atoms with Crippen LogP contribution in [0.4, 0.5) is 4.79 Å². The first-order valence-electron chi connectivity index (χ1n) is 7.81. The number of rotatable bonds is 3. The highest BCUT2D eigenvalue weighted by molar-refractivity contribution is 6.06. The Hall–Kier alpha value is -2.18. The molecule has 1 aromatic carbocycles. The van der Waals surface area contributed by atoms with Crippen LogP contribution in [0, 0.1) is 0 Å². The molecule has 1 radical (unpaired) electrons. The summed E-state index contributed by atoms with van der Waals surface area (Å²) in [5, 5.41) is 13.7. The summed E-state index contributed by atoms with van der Waals surface area (Å²) in [6, 6.07) is 9.15. The van der Waals surface area contributed by atoms with E-state index in [0.717, 1.165) is 10.6 Å². The van der Waals surface area contributed by atoms with Gasteiger partial charge in [0.1, 0.15) is 0 Å². The van der Waals surface area contributed by atoms with Crippen molar-refractivity contribution in [3.8, 4) is 0 Å². The van der Waals surface area contributed by atoms with Gasteiger partial charge in [-0.3, -0.25) is 0 Å². The molecule has 1 heterocycles. The Morgan fingerprint density at radius 2 is 1.62 bits per heavy atom. The largest absolute Gasteiger partial charge is 0.516 e. The minimum absolute atomic E-state index is 0.0965. The molecule has 0 saturated carbocycles. The zero-order valence-corrected chi connectivity index (χ0v) is 14.6. The zero-order chi connectivity index (χ0) is 18.1. The van der Waals surface area contributed by atoms with Crippen molar-refractivity contribution in [1.29, 1.82) is 0 Å². The maximum atomic E-state index is 12.8. The maximum absolute atomic E-state index is 12.8. The van der Waals surface area contributed by atoms with Gasteiger partial charge in [0.15, 0.2) is 0 Å². The highest BCUT2D eigenvalue weighted by Crippen LogP contribution is 2.49. The van der Waals surface area contributed by atoms with E-state index in [2.05, 4.69) is 4.74 Å². The summed E-state index contributed by atoms with van der Waals surface area (Å²) in [6.45, 7) is 8.48. The molecule has 2 rings (SSSR count). The normalized spacial score (nSPS) is 19.2. The second-order valence-electron chi connectivity index (χ2n) is 6.60. The quantitative estimate of drug-likeness (QED) is 0.626. The Morgan fingerprint density at radius 1 is 1.04 bits per heavy atom. The van der Waals surface area contributed by atoms with Crippen LogP contribution < -0.4 is 0 Å². The van der Waals surface area contributed by atoms with E-state index in [1.54, 1.807) is 34.6 Å². The summed E-state index contributed by atoms with van der Waals surface area (Å²) in [6.07, 6.45) is -1.07. The molecule has 0 aliphatic carbocycles. The molecule has 0 unspecified atom stereocenters. The average Bonchev–Trinajstić information content (AvgIpc) is 2.65. The number of esters is 1. The van der Waals surface area contributed by atoms with Gasteiger partial charge in [0.05, 0.1) is 23.3 Å². The Morgan fingerprint density at radius 3 is 2.17 bits per heavy atom. The van der Waals surface area contributed by atoms with E-state index in [9.17, 15) is 14.8 Å². The molecule has 129 valence electrons. The summed E-state index contributed by atoms with van der Waals surface area (Å²) in [5.74, 6) is -0.858. The summed E-state index contributed by atoms with van der Waals surface area (Å²) >= 11 is 0. The average molecular weight is 332 g/mol. The summed E-state index contributed by atoms with van der Waals surface area (Å²) in [7, 11) is 0. The topological polar surface area (TPSA) is 75.7 Å². The fourth-order valence-electron chi connectivity index (χ4n) is 3.24. The Kier molecular flexibility index (Phi) is 4.82. The maximum Gasteiger partial charge on any atom is 0.516 e.